The van der Waals surface area contributed by atoms with E-state index >= 15 is 0 Å². The molecule has 0 spiro atoms. The normalized spacial score (nSPS) is 28.4. The molecule has 4 atom stereocenters. The minimum atomic E-state index is -0.136. The predicted octanol–water partition coefficient (Wildman–Crippen LogP) is -0.0143. The zero-order valence-corrected chi connectivity index (χ0v) is 16.6. The number of imide groups is 1. The Labute approximate surface area is 164 Å². The van der Waals surface area contributed by atoms with Crippen LogP contribution in [0.3, 0.4) is 0 Å². The Kier molecular flexibility index (Phi) is 4.91. The number of aromatic nitrogens is 3. The van der Waals surface area contributed by atoms with Crippen LogP contribution in [0.2, 0.25) is 0 Å². The molecular weight excluding hydrogens is 358 g/mol. The molecular formula is C19H27N7O2. The summed E-state index contributed by atoms with van der Waals surface area (Å²) in [5.41, 5.74) is 0. The molecule has 1 saturated heterocycles. The van der Waals surface area contributed by atoms with Crippen LogP contribution in [0.15, 0.2) is 17.1 Å². The quantitative estimate of drug-likeness (QED) is 0.309. The van der Waals surface area contributed by atoms with Gasteiger partial charge in [0.1, 0.15) is 12.4 Å². The lowest BCUT2D eigenvalue weighted by molar-refractivity contribution is -0.140. The molecule has 150 valence electrons. The predicted molar refractivity (Wildman–Crippen MR) is 103 cm³/mol. The standard InChI is InChI=1S/C19H27N7O2/c1-4-20-19(22-10-14-24-23-11(2)25(14)3)21-7-8-26-17(27)15-12-5-6-13(9-12)16(15)18(26)28/h5-6,12-13,15-16H,4,7-10H2,1-3H3,(H2,20,21,22). The molecule has 9 nitrogen and oxygen atoms in total. The zero-order valence-electron chi connectivity index (χ0n) is 16.6. The Hall–Kier alpha value is -2.71. The summed E-state index contributed by atoms with van der Waals surface area (Å²) in [5.74, 6) is 2.45. The number of carbonyl (C=O) groups is 2. The van der Waals surface area contributed by atoms with Gasteiger partial charge in [0.2, 0.25) is 11.8 Å². The SMILES string of the molecule is CCNC(=NCc1nnc(C)n1C)NCCN1C(=O)C2C3C=CC(C3)C2C1=O. The first-order valence-corrected chi connectivity index (χ1v) is 9.91. The number of nitrogens with one attached hydrogen (secondary N) is 2. The molecule has 2 N–H and O–H groups in total. The van der Waals surface area contributed by atoms with Crippen molar-refractivity contribution in [3.63, 3.8) is 0 Å². The summed E-state index contributed by atoms with van der Waals surface area (Å²) in [7, 11) is 1.91. The van der Waals surface area contributed by atoms with Gasteiger partial charge in [-0.3, -0.25) is 14.5 Å². The molecule has 1 saturated carbocycles. The van der Waals surface area contributed by atoms with Crippen LogP contribution in [-0.4, -0.2) is 57.1 Å². The first kappa shape index (κ1) is 18.6. The number of allylic oxidation sites excluding steroid dienone is 2. The second kappa shape index (κ2) is 7.37. The Morgan fingerprint density at radius 1 is 1.18 bits per heavy atom. The lowest BCUT2D eigenvalue weighted by atomic mass is 9.85. The van der Waals surface area contributed by atoms with E-state index in [2.05, 4.69) is 38.0 Å². The highest BCUT2D eigenvalue weighted by Crippen LogP contribution is 2.52. The van der Waals surface area contributed by atoms with Crippen molar-refractivity contribution in [2.24, 2.45) is 35.7 Å². The molecule has 1 aliphatic heterocycles. The van der Waals surface area contributed by atoms with Crippen molar-refractivity contribution in [1.82, 2.24) is 30.3 Å². The fourth-order valence-corrected chi connectivity index (χ4v) is 4.55. The molecule has 0 aromatic carbocycles. The van der Waals surface area contributed by atoms with Gasteiger partial charge in [0.05, 0.1) is 11.8 Å². The van der Waals surface area contributed by atoms with Crippen molar-refractivity contribution >= 4 is 17.8 Å². The highest BCUT2D eigenvalue weighted by molar-refractivity contribution is 6.06. The molecule has 2 heterocycles. The third-order valence-electron chi connectivity index (χ3n) is 6.10. The maximum Gasteiger partial charge on any atom is 0.233 e. The van der Waals surface area contributed by atoms with Crippen molar-refractivity contribution in [3.05, 3.63) is 23.8 Å². The van der Waals surface area contributed by atoms with Crippen molar-refractivity contribution in [2.75, 3.05) is 19.6 Å². The second-order valence-corrected chi connectivity index (χ2v) is 7.67. The third kappa shape index (κ3) is 3.08. The lowest BCUT2D eigenvalue weighted by Gasteiger charge is -2.18. The fraction of sp³-hybridized carbons (Fsp3) is 0.632. The molecule has 9 heteroatoms. The van der Waals surface area contributed by atoms with Gasteiger partial charge >= 0.3 is 0 Å². The lowest BCUT2D eigenvalue weighted by Crippen LogP contribution is -2.43. The Bertz CT molecular complexity index is 813. The Morgan fingerprint density at radius 2 is 1.86 bits per heavy atom. The van der Waals surface area contributed by atoms with Crippen LogP contribution in [0.25, 0.3) is 0 Å². The fourth-order valence-electron chi connectivity index (χ4n) is 4.55. The van der Waals surface area contributed by atoms with E-state index in [4.69, 9.17) is 0 Å². The number of hydrogen-bond donors (Lipinski definition) is 2. The molecule has 3 aliphatic rings. The minimum Gasteiger partial charge on any atom is -0.357 e. The third-order valence-corrected chi connectivity index (χ3v) is 6.10. The largest absolute Gasteiger partial charge is 0.357 e. The summed E-state index contributed by atoms with van der Waals surface area (Å²) in [6.07, 6.45) is 5.18. The van der Waals surface area contributed by atoms with Crippen LogP contribution in [0, 0.1) is 30.6 Å². The van der Waals surface area contributed by atoms with Crippen LogP contribution >= 0.6 is 0 Å². The van der Waals surface area contributed by atoms with Crippen LogP contribution in [0.1, 0.15) is 25.0 Å². The van der Waals surface area contributed by atoms with Crippen molar-refractivity contribution in [3.8, 4) is 0 Å². The van der Waals surface area contributed by atoms with Crippen LogP contribution < -0.4 is 10.6 Å². The number of aryl methyl sites for hydroxylation is 1. The molecule has 1 aromatic rings. The van der Waals surface area contributed by atoms with Crippen molar-refractivity contribution in [2.45, 2.75) is 26.8 Å². The van der Waals surface area contributed by atoms with Gasteiger partial charge in [-0.25, -0.2) is 4.99 Å². The van der Waals surface area contributed by atoms with Gasteiger partial charge in [-0.1, -0.05) is 12.2 Å². The number of hydrogen-bond acceptors (Lipinski definition) is 5. The van der Waals surface area contributed by atoms with Gasteiger partial charge < -0.3 is 15.2 Å². The van der Waals surface area contributed by atoms with E-state index in [0.717, 1.165) is 18.1 Å². The average molecular weight is 385 g/mol. The zero-order chi connectivity index (χ0) is 19.8. The van der Waals surface area contributed by atoms with Crippen LogP contribution in [-0.2, 0) is 23.2 Å². The molecule has 0 radical (unpaired) electrons. The highest BCUT2D eigenvalue weighted by atomic mass is 16.2. The number of amides is 2. The topological polar surface area (TPSA) is 105 Å². The van der Waals surface area contributed by atoms with Gasteiger partial charge in [0, 0.05) is 26.7 Å². The average Bonchev–Trinajstić information content (AvgIpc) is 3.42. The Balaban J connectivity index is 1.34. The monoisotopic (exact) mass is 385 g/mol. The summed E-state index contributed by atoms with van der Waals surface area (Å²) >= 11 is 0. The first-order valence-electron chi connectivity index (χ1n) is 9.91. The van der Waals surface area contributed by atoms with E-state index in [1.54, 1.807) is 0 Å². The molecule has 4 rings (SSSR count). The summed E-state index contributed by atoms with van der Waals surface area (Å²) < 4.78 is 1.90. The number of fused-ring (bicyclic) bond motifs is 5. The van der Waals surface area contributed by atoms with Crippen LogP contribution in [0.5, 0.6) is 0 Å². The number of likely N-dealkylation sites (tertiary alicyclic amines) is 1. The number of guanidine groups is 1. The van der Waals surface area contributed by atoms with Gasteiger partial charge in [0.25, 0.3) is 0 Å². The summed E-state index contributed by atoms with van der Waals surface area (Å²) in [6, 6.07) is 0. The van der Waals surface area contributed by atoms with E-state index in [1.807, 2.05) is 25.5 Å². The molecule has 4 unspecified atom stereocenters. The molecule has 2 aliphatic carbocycles. The van der Waals surface area contributed by atoms with Crippen molar-refractivity contribution in [1.29, 1.82) is 0 Å². The number of nitrogens with zero attached hydrogens (tertiary/aromatic N) is 5. The van der Waals surface area contributed by atoms with Crippen LogP contribution in [0.4, 0.5) is 0 Å². The van der Waals surface area contributed by atoms with E-state index < -0.39 is 0 Å². The second-order valence-electron chi connectivity index (χ2n) is 7.67. The van der Waals surface area contributed by atoms with Gasteiger partial charge in [-0.15, -0.1) is 10.2 Å². The van der Waals surface area contributed by atoms with E-state index in [-0.39, 0.29) is 35.5 Å². The summed E-state index contributed by atoms with van der Waals surface area (Å²) in [5, 5.41) is 14.5. The maximum atomic E-state index is 12.7. The smallest absolute Gasteiger partial charge is 0.233 e. The summed E-state index contributed by atoms with van der Waals surface area (Å²) in [6.45, 7) is 5.81. The minimum absolute atomic E-state index is 0.00912. The molecule has 2 bridgehead atoms. The first-order chi connectivity index (χ1) is 13.5. The number of carbonyl (C=O) groups excluding carboxylic acids is 2. The van der Waals surface area contributed by atoms with Gasteiger partial charge in [0.15, 0.2) is 11.8 Å². The Morgan fingerprint density at radius 3 is 2.43 bits per heavy atom. The van der Waals surface area contributed by atoms with Gasteiger partial charge in [-0.05, 0) is 32.1 Å². The summed E-state index contributed by atoms with van der Waals surface area (Å²) in [4.78, 5) is 31.4. The van der Waals surface area contributed by atoms with Crippen molar-refractivity contribution < 1.29 is 9.59 Å². The van der Waals surface area contributed by atoms with Gasteiger partial charge in [-0.2, -0.15) is 0 Å². The van der Waals surface area contributed by atoms with E-state index in [1.165, 1.54) is 4.90 Å². The maximum absolute atomic E-state index is 12.7. The molecule has 2 fully saturated rings. The molecule has 1 aromatic heterocycles. The van der Waals surface area contributed by atoms with E-state index in [0.29, 0.717) is 32.1 Å². The molecule has 28 heavy (non-hydrogen) atoms. The number of aliphatic imine (C=N–C) groups is 1. The van der Waals surface area contributed by atoms with E-state index in [9.17, 15) is 9.59 Å². The number of rotatable bonds is 6. The highest BCUT2D eigenvalue weighted by Gasteiger charge is 2.58. The molecule has 2 amide bonds.